The summed E-state index contributed by atoms with van der Waals surface area (Å²) in [6.45, 7) is 0. The van der Waals surface area contributed by atoms with E-state index in [9.17, 15) is 0 Å². The Morgan fingerprint density at radius 3 is 1.18 bits per heavy atom. The van der Waals surface area contributed by atoms with Crippen LogP contribution in [0.25, 0.3) is 43.8 Å². The monoisotopic (exact) mass is 422 g/mol. The van der Waals surface area contributed by atoms with Gasteiger partial charge in [0.05, 0.1) is 0 Å². The molecule has 0 radical (unpaired) electrons. The smallest absolute Gasteiger partial charge is 0.135 e. The first-order valence-corrected chi connectivity index (χ1v) is 11.2. The van der Waals surface area contributed by atoms with Gasteiger partial charge < -0.3 is 4.74 Å². The lowest BCUT2D eigenvalue weighted by Crippen LogP contribution is -1.93. The summed E-state index contributed by atoms with van der Waals surface area (Å²) in [7, 11) is 0. The zero-order valence-electron chi connectivity index (χ0n) is 18.1. The van der Waals surface area contributed by atoms with Crippen molar-refractivity contribution in [3.8, 4) is 33.8 Å². The number of rotatable bonds is 4. The second-order valence-electron chi connectivity index (χ2n) is 8.15. The summed E-state index contributed by atoms with van der Waals surface area (Å²) < 4.78 is 6.77. The third-order valence-electron chi connectivity index (χ3n) is 6.13. The van der Waals surface area contributed by atoms with Crippen molar-refractivity contribution < 1.29 is 4.74 Å². The van der Waals surface area contributed by atoms with Crippen molar-refractivity contribution in [3.63, 3.8) is 0 Å². The van der Waals surface area contributed by atoms with Crippen LogP contribution >= 0.6 is 0 Å². The number of fused-ring (bicyclic) bond motifs is 2. The average molecular weight is 423 g/mol. The summed E-state index contributed by atoms with van der Waals surface area (Å²) in [5.74, 6) is 1.71. The van der Waals surface area contributed by atoms with Gasteiger partial charge >= 0.3 is 0 Å². The second-order valence-corrected chi connectivity index (χ2v) is 8.15. The molecule has 0 N–H and O–H groups in total. The van der Waals surface area contributed by atoms with Gasteiger partial charge in [-0.2, -0.15) is 0 Å². The standard InChI is InChI=1S/C32H22O/c1-3-13-25(14-4-1)31-27-17-9-7-11-23(27)19-21-29(31)33-30-22-20-24-12-8-10-18-28(24)32(30)26-15-5-2-6-16-26/h1-22H. The molecule has 0 saturated carbocycles. The molecule has 0 amide bonds. The molecule has 0 atom stereocenters. The molecule has 0 aliphatic heterocycles. The van der Waals surface area contributed by atoms with Crippen molar-refractivity contribution in [2.45, 2.75) is 0 Å². The first kappa shape index (κ1) is 19.3. The Balaban J connectivity index is 1.59. The Hall–Kier alpha value is -4.36. The Labute approximate surface area is 193 Å². The molecule has 6 aromatic rings. The lowest BCUT2D eigenvalue weighted by Gasteiger charge is -2.18. The molecule has 0 fully saturated rings. The lowest BCUT2D eigenvalue weighted by atomic mass is 9.96. The second kappa shape index (κ2) is 8.29. The van der Waals surface area contributed by atoms with E-state index in [0.29, 0.717) is 0 Å². The van der Waals surface area contributed by atoms with E-state index in [0.717, 1.165) is 33.8 Å². The minimum Gasteiger partial charge on any atom is -0.456 e. The average Bonchev–Trinajstić information content (AvgIpc) is 2.89. The lowest BCUT2D eigenvalue weighted by molar-refractivity contribution is 0.487. The van der Waals surface area contributed by atoms with Crippen molar-refractivity contribution >= 4 is 21.5 Å². The summed E-state index contributed by atoms with van der Waals surface area (Å²) >= 11 is 0. The van der Waals surface area contributed by atoms with E-state index in [1.807, 2.05) is 12.1 Å². The van der Waals surface area contributed by atoms with Gasteiger partial charge in [-0.25, -0.2) is 0 Å². The molecule has 0 saturated heterocycles. The largest absolute Gasteiger partial charge is 0.456 e. The number of ether oxygens (including phenoxy) is 1. The molecule has 0 aromatic heterocycles. The van der Waals surface area contributed by atoms with Gasteiger partial charge in [0, 0.05) is 11.1 Å². The van der Waals surface area contributed by atoms with Crippen LogP contribution in [0.2, 0.25) is 0 Å². The van der Waals surface area contributed by atoms with E-state index in [1.54, 1.807) is 0 Å². The van der Waals surface area contributed by atoms with E-state index in [2.05, 4.69) is 121 Å². The molecule has 0 unspecified atom stereocenters. The van der Waals surface area contributed by atoms with Crippen LogP contribution in [0.4, 0.5) is 0 Å². The Bertz CT molecular complexity index is 1450. The predicted molar refractivity (Wildman–Crippen MR) is 139 cm³/mol. The molecule has 1 heteroatoms. The Kier molecular flexibility index (Phi) is 4.86. The molecular weight excluding hydrogens is 400 g/mol. The van der Waals surface area contributed by atoms with Gasteiger partial charge in [-0.05, 0) is 44.8 Å². The molecule has 156 valence electrons. The molecule has 6 aromatic carbocycles. The maximum absolute atomic E-state index is 6.77. The maximum Gasteiger partial charge on any atom is 0.135 e. The fraction of sp³-hybridized carbons (Fsp3) is 0. The fourth-order valence-corrected chi connectivity index (χ4v) is 4.60. The minimum atomic E-state index is 0.854. The van der Waals surface area contributed by atoms with Crippen LogP contribution in [0, 0.1) is 0 Å². The molecular formula is C32H22O. The minimum absolute atomic E-state index is 0.854. The van der Waals surface area contributed by atoms with Gasteiger partial charge in [0.1, 0.15) is 11.5 Å². The van der Waals surface area contributed by atoms with Crippen LogP contribution in [-0.2, 0) is 0 Å². The molecule has 6 rings (SSSR count). The summed E-state index contributed by atoms with van der Waals surface area (Å²) in [5.41, 5.74) is 4.51. The zero-order chi connectivity index (χ0) is 22.0. The predicted octanol–water partition coefficient (Wildman–Crippen LogP) is 9.12. The van der Waals surface area contributed by atoms with E-state index < -0.39 is 0 Å². The Morgan fingerprint density at radius 2 is 0.727 bits per heavy atom. The highest BCUT2D eigenvalue weighted by molar-refractivity contribution is 6.02. The fourth-order valence-electron chi connectivity index (χ4n) is 4.60. The third-order valence-corrected chi connectivity index (χ3v) is 6.13. The zero-order valence-corrected chi connectivity index (χ0v) is 18.1. The van der Waals surface area contributed by atoms with Crippen molar-refractivity contribution in [2.75, 3.05) is 0 Å². The van der Waals surface area contributed by atoms with Crippen LogP contribution in [0.5, 0.6) is 11.5 Å². The topological polar surface area (TPSA) is 9.23 Å². The molecule has 0 bridgehead atoms. The SMILES string of the molecule is c1ccc(-c2c(Oc3ccc4ccccc4c3-c3ccccc3)ccc3ccccc23)cc1. The van der Waals surface area contributed by atoms with Crippen LogP contribution in [0.15, 0.2) is 133 Å². The van der Waals surface area contributed by atoms with Gasteiger partial charge in [0.15, 0.2) is 0 Å². The molecule has 0 heterocycles. The molecule has 0 spiro atoms. The van der Waals surface area contributed by atoms with E-state index >= 15 is 0 Å². The normalized spacial score (nSPS) is 11.0. The van der Waals surface area contributed by atoms with Gasteiger partial charge in [-0.3, -0.25) is 0 Å². The van der Waals surface area contributed by atoms with Crippen molar-refractivity contribution in [1.82, 2.24) is 0 Å². The van der Waals surface area contributed by atoms with E-state index in [1.165, 1.54) is 21.5 Å². The first-order chi connectivity index (χ1) is 16.4. The molecule has 1 nitrogen and oxygen atoms in total. The van der Waals surface area contributed by atoms with Gasteiger partial charge in [-0.15, -0.1) is 0 Å². The van der Waals surface area contributed by atoms with Crippen molar-refractivity contribution in [3.05, 3.63) is 133 Å². The molecule has 33 heavy (non-hydrogen) atoms. The van der Waals surface area contributed by atoms with E-state index in [4.69, 9.17) is 4.74 Å². The van der Waals surface area contributed by atoms with Gasteiger partial charge in [-0.1, -0.05) is 121 Å². The van der Waals surface area contributed by atoms with Gasteiger partial charge in [0.2, 0.25) is 0 Å². The number of hydrogen-bond donors (Lipinski definition) is 0. The van der Waals surface area contributed by atoms with E-state index in [-0.39, 0.29) is 0 Å². The summed E-state index contributed by atoms with van der Waals surface area (Å²) in [4.78, 5) is 0. The highest BCUT2D eigenvalue weighted by Crippen LogP contribution is 2.43. The highest BCUT2D eigenvalue weighted by Gasteiger charge is 2.16. The van der Waals surface area contributed by atoms with Crippen LogP contribution in [-0.4, -0.2) is 0 Å². The summed E-state index contributed by atoms with van der Waals surface area (Å²) in [6, 6.07) is 46.4. The highest BCUT2D eigenvalue weighted by atomic mass is 16.5. The van der Waals surface area contributed by atoms with Crippen LogP contribution in [0.1, 0.15) is 0 Å². The first-order valence-electron chi connectivity index (χ1n) is 11.2. The third kappa shape index (κ3) is 3.54. The molecule has 0 aliphatic rings. The summed E-state index contributed by atoms with van der Waals surface area (Å²) in [6.07, 6.45) is 0. The Morgan fingerprint density at radius 1 is 0.333 bits per heavy atom. The quantitative estimate of drug-likeness (QED) is 0.275. The van der Waals surface area contributed by atoms with Crippen molar-refractivity contribution in [2.24, 2.45) is 0 Å². The van der Waals surface area contributed by atoms with Gasteiger partial charge in [0.25, 0.3) is 0 Å². The number of benzene rings is 6. The number of hydrogen-bond acceptors (Lipinski definition) is 1. The summed E-state index contributed by atoms with van der Waals surface area (Å²) in [5, 5.41) is 4.77. The van der Waals surface area contributed by atoms with Crippen LogP contribution < -0.4 is 4.74 Å². The maximum atomic E-state index is 6.77. The molecule has 0 aliphatic carbocycles. The van der Waals surface area contributed by atoms with Crippen molar-refractivity contribution in [1.29, 1.82) is 0 Å². The van der Waals surface area contributed by atoms with Crippen LogP contribution in [0.3, 0.4) is 0 Å².